The van der Waals surface area contributed by atoms with Gasteiger partial charge in [-0.25, -0.2) is 13.1 Å². The number of fused-ring (bicyclic) bond motifs is 13. The van der Waals surface area contributed by atoms with Gasteiger partial charge in [-0.15, -0.1) is 0 Å². The minimum absolute atomic E-state index is 0.0779. The van der Waals surface area contributed by atoms with E-state index < -0.39 is 10.0 Å². The number of phenolic OH excluding ortho intramolecular Hbond substituents is 2. The second-order valence-electron chi connectivity index (χ2n) is 16.4. The van der Waals surface area contributed by atoms with E-state index >= 15 is 0 Å². The number of carbonyl (C=O) groups excluding carboxylic acids is 2. The molecule has 0 fully saturated rings. The number of hydrogen-bond acceptors (Lipinski definition) is 10. The number of nitrogens with one attached hydrogen (secondary N) is 3. The van der Waals surface area contributed by atoms with Crippen molar-refractivity contribution in [2.24, 2.45) is 0 Å². The summed E-state index contributed by atoms with van der Waals surface area (Å²) < 4.78 is 43.0. The molecule has 0 spiro atoms. The molecule has 0 aromatic heterocycles. The lowest BCUT2D eigenvalue weighted by Gasteiger charge is -2.24. The highest BCUT2D eigenvalue weighted by Crippen LogP contribution is 2.38. The Morgan fingerprint density at radius 3 is 1.45 bits per heavy atom. The second kappa shape index (κ2) is 19.4. The molecule has 0 saturated carbocycles. The van der Waals surface area contributed by atoms with Crippen molar-refractivity contribution in [3.63, 3.8) is 0 Å². The number of nitrogens with zero attached hydrogens (tertiary/aromatic N) is 2. The van der Waals surface area contributed by atoms with Crippen LogP contribution in [0.25, 0.3) is 10.8 Å². The van der Waals surface area contributed by atoms with E-state index in [2.05, 4.69) is 15.4 Å². The van der Waals surface area contributed by atoms with Crippen molar-refractivity contribution < 1.29 is 37.7 Å². The molecule has 0 atom stereocenters. The van der Waals surface area contributed by atoms with Gasteiger partial charge in [0.15, 0.2) is 13.2 Å². The van der Waals surface area contributed by atoms with Crippen LogP contribution in [0.3, 0.4) is 0 Å². The van der Waals surface area contributed by atoms with Gasteiger partial charge in [0.05, 0.1) is 4.90 Å². The predicted molar refractivity (Wildman–Crippen MR) is 247 cm³/mol. The summed E-state index contributed by atoms with van der Waals surface area (Å²) in [5.41, 5.74) is 6.61. The van der Waals surface area contributed by atoms with Gasteiger partial charge in [0.2, 0.25) is 10.0 Å². The van der Waals surface area contributed by atoms with Crippen LogP contribution < -0.4 is 29.7 Å². The number of ether oxygens (including phenoxy) is 2. The Morgan fingerprint density at radius 1 is 0.594 bits per heavy atom. The topological polar surface area (TPSA) is 170 Å². The molecule has 6 aromatic carbocycles. The van der Waals surface area contributed by atoms with Crippen molar-refractivity contribution in [1.29, 1.82) is 0 Å². The van der Waals surface area contributed by atoms with Crippen LogP contribution in [0.1, 0.15) is 44.5 Å². The fraction of sp³-hybridized carbons (Fsp3) is 0.280. The summed E-state index contributed by atoms with van der Waals surface area (Å²) in [5, 5.41) is 30.7. The summed E-state index contributed by atoms with van der Waals surface area (Å²) in [7, 11) is -0.0811. The number of carbonyl (C=O) groups is 2. The number of aromatic hydroxyl groups is 2. The Bertz CT molecular complexity index is 2600. The van der Waals surface area contributed by atoms with Gasteiger partial charge in [0, 0.05) is 95.5 Å². The van der Waals surface area contributed by atoms with Crippen molar-refractivity contribution in [2.45, 2.75) is 30.6 Å². The van der Waals surface area contributed by atoms with Crippen LogP contribution in [0.4, 0.5) is 5.69 Å². The fourth-order valence-corrected chi connectivity index (χ4v) is 9.85. The lowest BCUT2D eigenvalue weighted by Crippen LogP contribution is -2.44. The number of phenols is 2. The molecule has 1 aliphatic carbocycles. The molecule has 14 heteroatoms. The maximum absolute atomic E-state index is 13.7. The molecule has 10 bridgehead atoms. The molecular formula is C50H53N5O8S. The lowest BCUT2D eigenvalue weighted by molar-refractivity contribution is -0.123. The van der Waals surface area contributed by atoms with Crippen molar-refractivity contribution in [3.8, 4) is 23.0 Å². The summed E-state index contributed by atoms with van der Waals surface area (Å²) in [6.45, 7) is 0.920. The van der Waals surface area contributed by atoms with Crippen molar-refractivity contribution in [3.05, 3.63) is 154 Å². The number of para-hydroxylation sites is 4. The second-order valence-corrected chi connectivity index (χ2v) is 18.1. The number of sulfonamides is 1. The monoisotopic (exact) mass is 883 g/mol. The highest BCUT2D eigenvalue weighted by Gasteiger charge is 2.23. The minimum Gasteiger partial charge on any atom is -0.507 e. The van der Waals surface area contributed by atoms with Crippen molar-refractivity contribution in [2.75, 3.05) is 71.5 Å². The number of hydrogen-bond donors (Lipinski definition) is 5. The maximum Gasteiger partial charge on any atom is 0.257 e. The van der Waals surface area contributed by atoms with Gasteiger partial charge in [-0.2, -0.15) is 0 Å². The van der Waals surface area contributed by atoms with Gasteiger partial charge in [-0.1, -0.05) is 97.1 Å². The summed E-state index contributed by atoms with van der Waals surface area (Å²) in [6, 6.07) is 33.5. The third-order valence-corrected chi connectivity index (χ3v) is 13.4. The third kappa shape index (κ3) is 9.94. The standard InChI is InChI=1S/C50H53N5O8S/c1-54(2)43-19-7-18-42-41(43)17-8-20-44(42)64(60,61)53-23-26-55-24-21-51-45(56)31-62-49-37-13-5-15-39(49)29-35-11-4-12-36(48(35)59)30-40-16-6-14-38(50(40)63-32-46(57)52-22-25-55)28-34-10-3-9-33(27-37)47(34)58/h3-20,53,58-59H,21-32H2,1-2H3,(H,51,56)(H,52,57). The predicted octanol–water partition coefficient (Wildman–Crippen LogP) is 5.28. The summed E-state index contributed by atoms with van der Waals surface area (Å²) in [4.78, 5) is 31.0. The van der Waals surface area contributed by atoms with Crippen molar-refractivity contribution in [1.82, 2.24) is 20.3 Å². The smallest absolute Gasteiger partial charge is 0.257 e. The van der Waals surface area contributed by atoms with E-state index in [1.807, 2.05) is 115 Å². The van der Waals surface area contributed by atoms with Gasteiger partial charge in [-0.05, 0) is 56.6 Å². The van der Waals surface area contributed by atoms with Gasteiger partial charge in [-0.3, -0.25) is 14.5 Å². The molecule has 13 nitrogen and oxygen atoms in total. The zero-order valence-electron chi connectivity index (χ0n) is 36.0. The highest BCUT2D eigenvalue weighted by molar-refractivity contribution is 7.89. The Balaban J connectivity index is 1.08. The first-order valence-electron chi connectivity index (χ1n) is 21.5. The number of rotatable bonds is 6. The van der Waals surface area contributed by atoms with Crippen molar-refractivity contribution >= 4 is 38.3 Å². The first kappa shape index (κ1) is 44.0. The molecule has 0 saturated heterocycles. The quantitative estimate of drug-likeness (QED) is 0.139. The zero-order valence-corrected chi connectivity index (χ0v) is 36.8. The Kier molecular flexibility index (Phi) is 13.4. The molecule has 2 aliphatic heterocycles. The van der Waals surface area contributed by atoms with Crippen LogP contribution in [0.15, 0.2) is 114 Å². The highest BCUT2D eigenvalue weighted by atomic mass is 32.2. The normalized spacial score (nSPS) is 15.3. The van der Waals surface area contributed by atoms with E-state index in [1.165, 1.54) is 0 Å². The van der Waals surface area contributed by atoms with E-state index in [1.54, 1.807) is 18.2 Å². The average molecular weight is 884 g/mol. The summed E-state index contributed by atoms with van der Waals surface area (Å²) in [6.07, 6.45) is 1.21. The van der Waals surface area contributed by atoms with Crippen LogP contribution in [0.2, 0.25) is 0 Å². The zero-order chi connectivity index (χ0) is 44.8. The maximum atomic E-state index is 13.7. The van der Waals surface area contributed by atoms with E-state index in [0.717, 1.165) is 33.3 Å². The van der Waals surface area contributed by atoms with E-state index in [0.29, 0.717) is 84.5 Å². The van der Waals surface area contributed by atoms with E-state index in [9.17, 15) is 28.2 Å². The SMILES string of the molecule is CN(C)c1cccc2c(S(=O)(=O)NCCN3CCNC(=O)COc4c5cccc4Cc4cccc(c4O)Cc4cccc(c4OCC(=O)NCC3)Cc3cccc(c3O)C5)cccc12. The summed E-state index contributed by atoms with van der Waals surface area (Å²) >= 11 is 0. The molecule has 0 unspecified atom stereocenters. The Morgan fingerprint density at radius 2 is 1.00 bits per heavy atom. The lowest BCUT2D eigenvalue weighted by atomic mass is 9.91. The third-order valence-electron chi connectivity index (χ3n) is 11.8. The van der Waals surface area contributed by atoms with Crippen LogP contribution in [0, 0.1) is 0 Å². The number of anilines is 1. The van der Waals surface area contributed by atoms with Gasteiger partial charge in [0.1, 0.15) is 23.0 Å². The van der Waals surface area contributed by atoms with E-state index in [4.69, 9.17) is 9.47 Å². The van der Waals surface area contributed by atoms with Gasteiger partial charge in [0.25, 0.3) is 11.8 Å². The Hall–Kier alpha value is -6.61. The van der Waals surface area contributed by atoms with Gasteiger partial charge < -0.3 is 35.2 Å². The first-order chi connectivity index (χ1) is 30.9. The molecule has 9 rings (SSSR count). The van der Waals surface area contributed by atoms with Crippen LogP contribution in [-0.4, -0.2) is 102 Å². The molecule has 5 N–H and O–H groups in total. The molecule has 2 heterocycles. The van der Waals surface area contributed by atoms with Crippen LogP contribution >= 0.6 is 0 Å². The number of amides is 2. The van der Waals surface area contributed by atoms with Crippen LogP contribution in [0.5, 0.6) is 23.0 Å². The molecule has 2 amide bonds. The Labute approximate surface area is 373 Å². The van der Waals surface area contributed by atoms with E-state index in [-0.39, 0.29) is 61.1 Å². The van der Waals surface area contributed by atoms with Crippen LogP contribution in [-0.2, 0) is 45.3 Å². The molecule has 6 aromatic rings. The van der Waals surface area contributed by atoms with Gasteiger partial charge >= 0.3 is 0 Å². The number of benzene rings is 6. The molecule has 3 aliphatic rings. The first-order valence-corrected chi connectivity index (χ1v) is 22.9. The molecule has 0 radical (unpaired) electrons. The minimum atomic E-state index is -3.91. The average Bonchev–Trinajstić information content (AvgIpc) is 3.27. The molecule has 332 valence electrons. The summed E-state index contributed by atoms with van der Waals surface area (Å²) in [5.74, 6) is 0.527. The largest absolute Gasteiger partial charge is 0.507 e. The fourth-order valence-electron chi connectivity index (χ4n) is 8.61. The molecular weight excluding hydrogens is 831 g/mol. The molecule has 64 heavy (non-hydrogen) atoms.